The minimum atomic E-state index is -4.51. The summed E-state index contributed by atoms with van der Waals surface area (Å²) < 4.78 is 38.6. The first kappa shape index (κ1) is 13.6. The second-order valence-corrected chi connectivity index (χ2v) is 4.25. The van der Waals surface area contributed by atoms with E-state index < -0.39 is 11.7 Å². The monoisotopic (exact) mass is 304 g/mol. The Labute approximate surface area is 105 Å². The van der Waals surface area contributed by atoms with Crippen molar-refractivity contribution in [1.29, 1.82) is 5.26 Å². The average molecular weight is 305 g/mol. The number of nitrogens with two attached hydrogens (primary N) is 1. The predicted octanol–water partition coefficient (Wildman–Crippen LogP) is 3.68. The normalized spacial score (nSPS) is 12.9. The molecule has 0 fully saturated rings. The fourth-order valence-corrected chi connectivity index (χ4v) is 1.61. The van der Waals surface area contributed by atoms with E-state index in [1.54, 1.807) is 6.07 Å². The highest BCUT2D eigenvalue weighted by Gasteiger charge is 2.34. The number of alkyl halides is 3. The molecule has 0 atom stereocenters. The molecular weight excluding hydrogens is 297 g/mol. The third-order valence-corrected chi connectivity index (χ3v) is 2.64. The second-order valence-electron chi connectivity index (χ2n) is 3.34. The summed E-state index contributed by atoms with van der Waals surface area (Å²) in [5, 5.41) is 8.64. The fourth-order valence-electron chi connectivity index (χ4n) is 1.25. The molecule has 0 bridgehead atoms. The summed E-state index contributed by atoms with van der Waals surface area (Å²) in [5.41, 5.74) is 4.39. The van der Waals surface area contributed by atoms with Gasteiger partial charge in [0, 0.05) is 15.6 Å². The summed E-state index contributed by atoms with van der Waals surface area (Å²) in [6.45, 7) is 1.37. The summed E-state index contributed by atoms with van der Waals surface area (Å²) in [6.07, 6.45) is -4.51. The van der Waals surface area contributed by atoms with E-state index in [9.17, 15) is 13.2 Å². The maximum absolute atomic E-state index is 12.8. The number of hydrogen-bond donors (Lipinski definition) is 1. The van der Waals surface area contributed by atoms with Crippen molar-refractivity contribution in [1.82, 2.24) is 0 Å². The lowest BCUT2D eigenvalue weighted by Crippen LogP contribution is -2.12. The van der Waals surface area contributed by atoms with Crippen LogP contribution in [-0.4, -0.2) is 0 Å². The zero-order valence-electron chi connectivity index (χ0n) is 8.77. The minimum absolute atomic E-state index is 0.0535. The molecule has 0 spiro atoms. The van der Waals surface area contributed by atoms with Crippen molar-refractivity contribution in [3.8, 4) is 6.07 Å². The van der Waals surface area contributed by atoms with Gasteiger partial charge in [-0.1, -0.05) is 22.0 Å². The van der Waals surface area contributed by atoms with Gasteiger partial charge < -0.3 is 5.73 Å². The van der Waals surface area contributed by atoms with Crippen LogP contribution in [0.25, 0.3) is 5.70 Å². The first-order valence-corrected chi connectivity index (χ1v) is 5.30. The maximum Gasteiger partial charge on any atom is 0.417 e. The summed E-state index contributed by atoms with van der Waals surface area (Å²) in [4.78, 5) is 0. The van der Waals surface area contributed by atoms with Gasteiger partial charge in [-0.15, -0.1) is 0 Å². The zero-order chi connectivity index (χ0) is 13.2. The van der Waals surface area contributed by atoms with Gasteiger partial charge in [-0.25, -0.2) is 0 Å². The molecule has 0 heterocycles. The highest BCUT2D eigenvalue weighted by atomic mass is 79.9. The average Bonchev–Trinajstić information content (AvgIpc) is 2.25. The lowest BCUT2D eigenvalue weighted by molar-refractivity contribution is -0.137. The summed E-state index contributed by atoms with van der Waals surface area (Å²) in [7, 11) is 0. The molecule has 2 N–H and O–H groups in total. The molecule has 0 radical (unpaired) electrons. The molecule has 6 heteroatoms. The van der Waals surface area contributed by atoms with Gasteiger partial charge in [0.15, 0.2) is 0 Å². The van der Waals surface area contributed by atoms with Crippen LogP contribution < -0.4 is 5.73 Å². The van der Waals surface area contributed by atoms with Gasteiger partial charge in [-0.05, 0) is 19.1 Å². The molecule has 1 aromatic carbocycles. The molecule has 90 valence electrons. The number of allylic oxidation sites excluding steroid dienone is 1. The van der Waals surface area contributed by atoms with Crippen molar-refractivity contribution in [2.45, 2.75) is 13.1 Å². The van der Waals surface area contributed by atoms with Crippen LogP contribution in [0.15, 0.2) is 28.2 Å². The molecule has 0 aromatic heterocycles. The molecule has 1 rings (SSSR count). The second kappa shape index (κ2) is 4.80. The van der Waals surface area contributed by atoms with E-state index in [0.717, 1.165) is 6.07 Å². The molecule has 0 aliphatic heterocycles. The third-order valence-electron chi connectivity index (χ3n) is 2.15. The fraction of sp³-hybridized carbons (Fsp3) is 0.182. The van der Waals surface area contributed by atoms with Crippen LogP contribution >= 0.6 is 15.9 Å². The van der Waals surface area contributed by atoms with Crippen molar-refractivity contribution in [2.75, 3.05) is 0 Å². The van der Waals surface area contributed by atoms with Crippen LogP contribution in [0, 0.1) is 11.3 Å². The first-order valence-electron chi connectivity index (χ1n) is 4.51. The van der Waals surface area contributed by atoms with E-state index >= 15 is 0 Å². The minimum Gasteiger partial charge on any atom is -0.397 e. The molecule has 0 aliphatic rings. The van der Waals surface area contributed by atoms with Crippen LogP contribution in [0.5, 0.6) is 0 Å². The lowest BCUT2D eigenvalue weighted by atomic mass is 10.0. The molecule has 2 nitrogen and oxygen atoms in total. The van der Waals surface area contributed by atoms with Gasteiger partial charge in [-0.3, -0.25) is 0 Å². The lowest BCUT2D eigenvalue weighted by Gasteiger charge is -2.14. The van der Waals surface area contributed by atoms with E-state index in [0.29, 0.717) is 4.47 Å². The Bertz CT molecular complexity index is 512. The van der Waals surface area contributed by atoms with Gasteiger partial charge in [-0.2, -0.15) is 18.4 Å². The van der Waals surface area contributed by atoms with Crippen LogP contribution in [0.1, 0.15) is 18.1 Å². The molecular formula is C11H8BrF3N2. The zero-order valence-corrected chi connectivity index (χ0v) is 10.4. The van der Waals surface area contributed by atoms with Crippen molar-refractivity contribution in [3.05, 3.63) is 39.4 Å². The topological polar surface area (TPSA) is 49.8 Å². The number of rotatable bonds is 1. The quantitative estimate of drug-likeness (QED) is 0.805. The summed E-state index contributed by atoms with van der Waals surface area (Å²) >= 11 is 2.97. The Morgan fingerprint density at radius 3 is 2.47 bits per heavy atom. The maximum atomic E-state index is 12.8. The predicted molar refractivity (Wildman–Crippen MR) is 61.5 cm³/mol. The third kappa shape index (κ3) is 3.01. The summed E-state index contributed by atoms with van der Waals surface area (Å²) in [5.74, 6) is 0. The van der Waals surface area contributed by atoms with Crippen molar-refractivity contribution in [3.63, 3.8) is 0 Å². The SMILES string of the molecule is C/C(C#N)=C(/N)c1ccc(Br)cc1C(F)(F)F. The van der Waals surface area contributed by atoms with E-state index in [-0.39, 0.29) is 16.8 Å². The van der Waals surface area contributed by atoms with Crippen LogP contribution in [0.4, 0.5) is 13.2 Å². The molecule has 0 unspecified atom stereocenters. The van der Waals surface area contributed by atoms with Gasteiger partial charge >= 0.3 is 6.18 Å². The highest BCUT2D eigenvalue weighted by molar-refractivity contribution is 9.10. The number of nitriles is 1. The highest BCUT2D eigenvalue weighted by Crippen LogP contribution is 2.36. The Hall–Kier alpha value is -1.48. The van der Waals surface area contributed by atoms with Crippen LogP contribution in [0.3, 0.4) is 0 Å². The molecule has 0 saturated heterocycles. The van der Waals surface area contributed by atoms with E-state index in [4.69, 9.17) is 11.0 Å². The number of halogens is 4. The van der Waals surface area contributed by atoms with Crippen molar-refractivity contribution in [2.24, 2.45) is 5.73 Å². The van der Waals surface area contributed by atoms with Gasteiger partial charge in [0.1, 0.15) is 0 Å². The van der Waals surface area contributed by atoms with E-state index in [1.165, 1.54) is 19.1 Å². The van der Waals surface area contributed by atoms with Gasteiger partial charge in [0.2, 0.25) is 0 Å². The van der Waals surface area contributed by atoms with Crippen molar-refractivity contribution < 1.29 is 13.2 Å². The van der Waals surface area contributed by atoms with E-state index in [2.05, 4.69) is 15.9 Å². The number of hydrogen-bond acceptors (Lipinski definition) is 2. The number of nitrogens with zero attached hydrogens (tertiary/aromatic N) is 1. The van der Waals surface area contributed by atoms with Gasteiger partial charge in [0.25, 0.3) is 0 Å². The Morgan fingerprint density at radius 1 is 1.41 bits per heavy atom. The molecule has 1 aromatic rings. The van der Waals surface area contributed by atoms with Gasteiger partial charge in [0.05, 0.1) is 17.3 Å². The molecule has 0 saturated carbocycles. The molecule has 17 heavy (non-hydrogen) atoms. The van der Waals surface area contributed by atoms with Crippen molar-refractivity contribution >= 4 is 21.6 Å². The van der Waals surface area contributed by atoms with Crippen LogP contribution in [0.2, 0.25) is 0 Å². The Kier molecular flexibility index (Phi) is 3.83. The standard InChI is InChI=1S/C11H8BrF3N2/c1-6(5-16)10(17)8-3-2-7(12)4-9(8)11(13,14)15/h2-4H,17H2,1H3/b10-6-. The smallest absolute Gasteiger partial charge is 0.397 e. The Balaban J connectivity index is 3.52. The van der Waals surface area contributed by atoms with Crippen LogP contribution in [-0.2, 0) is 6.18 Å². The molecule has 0 aliphatic carbocycles. The summed E-state index contributed by atoms with van der Waals surface area (Å²) in [6, 6.07) is 5.36. The Morgan fingerprint density at radius 2 is 2.00 bits per heavy atom. The largest absolute Gasteiger partial charge is 0.417 e. The number of benzene rings is 1. The van der Waals surface area contributed by atoms with E-state index in [1.807, 2.05) is 0 Å². The molecule has 0 amide bonds. The first-order chi connectivity index (χ1) is 7.77.